The van der Waals surface area contributed by atoms with Crippen molar-refractivity contribution in [3.05, 3.63) is 71.8 Å². The van der Waals surface area contributed by atoms with Crippen LogP contribution in [-0.2, 0) is 23.1 Å². The van der Waals surface area contributed by atoms with Gasteiger partial charge in [0.25, 0.3) is 0 Å². The molecule has 6 bridgehead atoms. The third kappa shape index (κ3) is 3.81. The Hall–Kier alpha value is -3.19. The number of hydrogen-bond acceptors (Lipinski definition) is 6. The first-order valence-corrected chi connectivity index (χ1v) is 11.5. The number of nitrogens with one attached hydrogen (secondary N) is 1. The molecular weight excluding hydrogens is 414 g/mol. The summed E-state index contributed by atoms with van der Waals surface area (Å²) in [6, 6.07) is 14.1. The fourth-order valence-corrected chi connectivity index (χ4v) is 5.55. The van der Waals surface area contributed by atoms with Crippen molar-refractivity contribution in [1.82, 2.24) is 19.2 Å². The molecule has 1 N–H and O–H groups in total. The third-order valence-corrected chi connectivity index (χ3v) is 7.57. The van der Waals surface area contributed by atoms with Crippen molar-refractivity contribution in [2.24, 2.45) is 0 Å². The van der Waals surface area contributed by atoms with Gasteiger partial charge in [0.05, 0.1) is 22.5 Å². The molecule has 8 nitrogen and oxygen atoms in total. The van der Waals surface area contributed by atoms with Crippen LogP contribution >= 0.6 is 0 Å². The number of nitrogens with zero attached hydrogens (tertiary/aromatic N) is 4. The zero-order valence-electron chi connectivity index (χ0n) is 16.7. The van der Waals surface area contributed by atoms with E-state index >= 15 is 0 Å². The number of fused-ring (bicyclic) bond motifs is 7. The van der Waals surface area contributed by atoms with Crippen LogP contribution in [0.25, 0.3) is 0 Å². The summed E-state index contributed by atoms with van der Waals surface area (Å²) in [7, 11) is -3.64. The van der Waals surface area contributed by atoms with Gasteiger partial charge in [-0.1, -0.05) is 12.1 Å². The number of hydrogen-bond donors (Lipinski definition) is 1. The highest BCUT2D eigenvalue weighted by Gasteiger charge is 2.32. The van der Waals surface area contributed by atoms with Crippen molar-refractivity contribution in [3.63, 3.8) is 0 Å². The zero-order valence-corrected chi connectivity index (χ0v) is 17.5. The third-order valence-electron chi connectivity index (χ3n) is 5.71. The Kier molecular flexibility index (Phi) is 4.98. The summed E-state index contributed by atoms with van der Waals surface area (Å²) in [5.74, 6) is 0.765. The summed E-state index contributed by atoms with van der Waals surface area (Å²) < 4.78 is 35.9. The lowest BCUT2D eigenvalue weighted by Crippen LogP contribution is -2.35. The van der Waals surface area contributed by atoms with E-state index < -0.39 is 10.0 Å². The van der Waals surface area contributed by atoms with Crippen molar-refractivity contribution < 1.29 is 13.2 Å². The topological polar surface area (TPSA) is 100 Å². The highest BCUT2D eigenvalue weighted by Crippen LogP contribution is 2.30. The summed E-state index contributed by atoms with van der Waals surface area (Å²) in [6.07, 6.45) is 4.33. The summed E-state index contributed by atoms with van der Waals surface area (Å²) >= 11 is 0. The molecule has 2 atom stereocenters. The van der Waals surface area contributed by atoms with E-state index in [-0.39, 0.29) is 10.9 Å². The van der Waals surface area contributed by atoms with Gasteiger partial charge in [-0.3, -0.25) is 0 Å². The van der Waals surface area contributed by atoms with Gasteiger partial charge < -0.3 is 14.6 Å². The number of nitriles is 1. The predicted molar refractivity (Wildman–Crippen MR) is 113 cm³/mol. The molecule has 1 unspecified atom stereocenters. The van der Waals surface area contributed by atoms with E-state index in [4.69, 9.17) is 4.74 Å². The SMILES string of the molecule is N#Cc1ccc2cc1Oc1cccc(c1)S(=O)(=O)N1CC[C@H](C1)NCc1cncn1C2. The summed E-state index contributed by atoms with van der Waals surface area (Å²) in [4.78, 5) is 4.46. The quantitative estimate of drug-likeness (QED) is 0.582. The van der Waals surface area contributed by atoms with Gasteiger partial charge in [0, 0.05) is 44.5 Å². The molecule has 3 heterocycles. The Morgan fingerprint density at radius 2 is 2.13 bits per heavy atom. The van der Waals surface area contributed by atoms with Crippen molar-refractivity contribution >= 4 is 10.0 Å². The molecule has 0 radical (unpaired) electrons. The second-order valence-electron chi connectivity index (χ2n) is 7.76. The van der Waals surface area contributed by atoms with Crippen LogP contribution in [0.15, 0.2) is 59.9 Å². The van der Waals surface area contributed by atoms with Gasteiger partial charge in [-0.2, -0.15) is 9.57 Å². The molecule has 2 aliphatic rings. The standard InChI is InChI=1S/C22H21N5O3S/c23-10-17-5-4-16-8-22(17)30-20-2-1-3-21(9-20)31(28,29)27-7-6-18(14-27)25-12-19-11-24-15-26(19)13-16/h1-5,8-9,11,15,18,25H,6-7,12-14H2/t18-/m1/s1. The van der Waals surface area contributed by atoms with E-state index in [1.165, 1.54) is 10.4 Å². The predicted octanol–water partition coefficient (Wildman–Crippen LogP) is 2.46. The minimum absolute atomic E-state index is 0.0759. The molecule has 0 aliphatic carbocycles. The lowest BCUT2D eigenvalue weighted by Gasteiger charge is -2.19. The maximum absolute atomic E-state index is 13.2. The normalized spacial score (nSPS) is 22.2. The number of ether oxygens (including phenoxy) is 1. The number of imidazole rings is 1. The molecule has 9 heteroatoms. The second kappa shape index (κ2) is 7.81. The smallest absolute Gasteiger partial charge is 0.243 e. The van der Waals surface area contributed by atoms with Gasteiger partial charge in [-0.05, 0) is 36.2 Å². The zero-order chi connectivity index (χ0) is 21.4. The molecule has 3 aromatic rings. The lowest BCUT2D eigenvalue weighted by molar-refractivity contribution is 0.451. The lowest BCUT2D eigenvalue weighted by atomic mass is 10.1. The van der Waals surface area contributed by atoms with Gasteiger partial charge in [-0.25, -0.2) is 13.4 Å². The van der Waals surface area contributed by atoms with Crippen LogP contribution < -0.4 is 10.1 Å². The Morgan fingerprint density at radius 1 is 1.23 bits per heavy atom. The maximum atomic E-state index is 13.2. The van der Waals surface area contributed by atoms with Crippen molar-refractivity contribution in [2.45, 2.75) is 30.4 Å². The fourth-order valence-electron chi connectivity index (χ4n) is 4.01. The van der Waals surface area contributed by atoms with Crippen molar-refractivity contribution in [2.75, 3.05) is 13.1 Å². The molecule has 1 aromatic heterocycles. The molecule has 158 valence electrons. The first-order chi connectivity index (χ1) is 15.0. The number of aromatic nitrogens is 2. The highest BCUT2D eigenvalue weighted by atomic mass is 32.2. The van der Waals surface area contributed by atoms with E-state index in [0.29, 0.717) is 43.2 Å². The van der Waals surface area contributed by atoms with Crippen LogP contribution in [0.2, 0.25) is 0 Å². The van der Waals surface area contributed by atoms with Crippen LogP contribution in [-0.4, -0.2) is 41.4 Å². The summed E-state index contributed by atoms with van der Waals surface area (Å²) in [6.45, 7) is 2.06. The van der Waals surface area contributed by atoms with Gasteiger partial charge in [-0.15, -0.1) is 0 Å². The average molecular weight is 436 g/mol. The van der Waals surface area contributed by atoms with Crippen LogP contribution in [0.1, 0.15) is 23.2 Å². The summed E-state index contributed by atoms with van der Waals surface area (Å²) in [5, 5.41) is 13.0. The highest BCUT2D eigenvalue weighted by molar-refractivity contribution is 7.89. The van der Waals surface area contributed by atoms with E-state index in [1.807, 2.05) is 22.9 Å². The number of benzene rings is 2. The Bertz CT molecular complexity index is 1280. The van der Waals surface area contributed by atoms with Gasteiger partial charge in [0.15, 0.2) is 0 Å². The first kappa shape index (κ1) is 19.8. The molecule has 0 amide bonds. The number of sulfonamides is 1. The second-order valence-corrected chi connectivity index (χ2v) is 9.70. The molecule has 0 spiro atoms. The van der Waals surface area contributed by atoms with Gasteiger partial charge in [0.2, 0.25) is 10.0 Å². The van der Waals surface area contributed by atoms with Crippen molar-refractivity contribution in [3.8, 4) is 17.6 Å². The monoisotopic (exact) mass is 435 g/mol. The van der Waals surface area contributed by atoms with Crippen LogP contribution in [0.4, 0.5) is 0 Å². The molecular formula is C22H21N5O3S. The Morgan fingerprint density at radius 3 is 3.00 bits per heavy atom. The Labute approximate surface area is 180 Å². The maximum Gasteiger partial charge on any atom is 0.243 e. The molecule has 1 saturated heterocycles. The number of rotatable bonds is 0. The molecule has 0 saturated carbocycles. The molecule has 2 aromatic carbocycles. The van der Waals surface area contributed by atoms with Crippen LogP contribution in [0, 0.1) is 11.3 Å². The van der Waals surface area contributed by atoms with Gasteiger partial charge in [0.1, 0.15) is 17.6 Å². The largest absolute Gasteiger partial charge is 0.456 e. The summed E-state index contributed by atoms with van der Waals surface area (Å²) in [5.41, 5.74) is 2.34. The van der Waals surface area contributed by atoms with E-state index in [2.05, 4.69) is 16.4 Å². The van der Waals surface area contributed by atoms with Crippen molar-refractivity contribution in [1.29, 1.82) is 5.26 Å². The first-order valence-electron chi connectivity index (χ1n) is 10.1. The van der Waals surface area contributed by atoms with E-state index in [0.717, 1.165) is 17.7 Å². The Balaban J connectivity index is 1.60. The fraction of sp³-hybridized carbons (Fsp3) is 0.273. The molecule has 1 fully saturated rings. The molecule has 31 heavy (non-hydrogen) atoms. The minimum Gasteiger partial charge on any atom is -0.456 e. The van der Waals surface area contributed by atoms with E-state index in [1.54, 1.807) is 30.6 Å². The molecule has 2 aliphatic heterocycles. The minimum atomic E-state index is -3.64. The van der Waals surface area contributed by atoms with Gasteiger partial charge >= 0.3 is 0 Å². The van der Waals surface area contributed by atoms with Crippen LogP contribution in [0.3, 0.4) is 0 Å². The molecule has 5 rings (SSSR count). The van der Waals surface area contributed by atoms with E-state index in [9.17, 15) is 13.7 Å². The van der Waals surface area contributed by atoms with Crippen LogP contribution in [0.5, 0.6) is 11.5 Å². The average Bonchev–Trinajstić information content (AvgIpc) is 3.42.